The predicted molar refractivity (Wildman–Crippen MR) is 161 cm³/mol. The van der Waals surface area contributed by atoms with E-state index in [0.717, 1.165) is 51.9 Å². The summed E-state index contributed by atoms with van der Waals surface area (Å²) in [6.45, 7) is 3.70. The molecule has 1 atom stereocenters. The molecule has 11 nitrogen and oxygen atoms in total. The van der Waals surface area contributed by atoms with E-state index in [1.165, 1.54) is 11.0 Å². The van der Waals surface area contributed by atoms with Crippen LogP contribution >= 0.6 is 11.6 Å². The number of hydrogen-bond acceptors (Lipinski definition) is 10. The molecule has 1 amide bonds. The number of nitrogens with one attached hydrogen (secondary N) is 3. The minimum absolute atomic E-state index is 0.0911. The number of benzene rings is 1. The van der Waals surface area contributed by atoms with Crippen LogP contribution in [-0.2, 0) is 11.2 Å². The van der Waals surface area contributed by atoms with Gasteiger partial charge >= 0.3 is 0 Å². The van der Waals surface area contributed by atoms with E-state index in [9.17, 15) is 29.6 Å². The zero-order valence-corrected chi connectivity index (χ0v) is 25.7. The molecule has 13 heteroatoms. The normalized spacial score (nSPS) is 25.8. The minimum Gasteiger partial charge on any atom is -0.493 e. The highest BCUT2D eigenvalue weighted by Crippen LogP contribution is 2.25. The number of aliphatic hydroxyl groups is 4. The van der Waals surface area contributed by atoms with Crippen LogP contribution in [-0.4, -0.2) is 132 Å². The summed E-state index contributed by atoms with van der Waals surface area (Å²) in [7, 11) is 0. The number of likely N-dealkylation sites (tertiary alicyclic amines) is 2. The first kappa shape index (κ1) is 34.3. The fourth-order valence-corrected chi connectivity index (χ4v) is 6.25. The van der Waals surface area contributed by atoms with Crippen molar-refractivity contribution in [2.24, 2.45) is 11.3 Å². The molecule has 3 heterocycles. The van der Waals surface area contributed by atoms with Gasteiger partial charge in [-0.1, -0.05) is 6.07 Å². The molecule has 3 aliphatic heterocycles. The summed E-state index contributed by atoms with van der Waals surface area (Å²) in [5.74, 6) is 0.335. The SMILES string of the molecule is O=C(Cc1ccc(OCCCC2CCN(C3NCC(Cl)CN3)CC2)cc1F)N1CCC(O)(CNCC(CO)(CO)CO)C1. The van der Waals surface area contributed by atoms with Crippen LogP contribution in [0.2, 0.25) is 0 Å². The van der Waals surface area contributed by atoms with Crippen LogP contribution in [0, 0.1) is 17.2 Å². The van der Waals surface area contributed by atoms with Gasteiger partial charge in [-0.05, 0) is 49.7 Å². The van der Waals surface area contributed by atoms with Gasteiger partial charge < -0.3 is 35.4 Å². The van der Waals surface area contributed by atoms with Gasteiger partial charge in [0.25, 0.3) is 0 Å². The lowest BCUT2D eigenvalue weighted by Crippen LogP contribution is -2.62. The number of carbonyl (C=O) groups excluding carboxylic acids is 1. The number of ether oxygens (including phenoxy) is 1. The highest BCUT2D eigenvalue weighted by molar-refractivity contribution is 6.21. The molecular formula is C30H49ClFN5O6. The number of carbonyl (C=O) groups is 1. The number of piperidine rings is 1. The van der Waals surface area contributed by atoms with Crippen molar-refractivity contribution in [1.82, 2.24) is 25.8 Å². The molecule has 0 aliphatic carbocycles. The topological polar surface area (TPSA) is 150 Å². The summed E-state index contributed by atoms with van der Waals surface area (Å²) in [5, 5.41) is 49.3. The Morgan fingerprint density at radius 3 is 2.49 bits per heavy atom. The highest BCUT2D eigenvalue weighted by Gasteiger charge is 2.39. The minimum atomic E-state index is -1.19. The first-order chi connectivity index (χ1) is 20.7. The number of rotatable bonds is 15. The fraction of sp³-hybridized carbons (Fsp3) is 0.767. The number of nitrogens with zero attached hydrogens (tertiary/aromatic N) is 2. The highest BCUT2D eigenvalue weighted by atomic mass is 35.5. The second-order valence-electron chi connectivity index (χ2n) is 12.6. The second kappa shape index (κ2) is 16.1. The molecule has 4 rings (SSSR count). The molecule has 3 fully saturated rings. The second-order valence-corrected chi connectivity index (χ2v) is 13.2. The molecular weight excluding hydrogens is 581 g/mol. The zero-order chi connectivity index (χ0) is 30.9. The first-order valence-corrected chi connectivity index (χ1v) is 15.9. The molecule has 43 heavy (non-hydrogen) atoms. The first-order valence-electron chi connectivity index (χ1n) is 15.5. The maximum atomic E-state index is 14.8. The Balaban J connectivity index is 1.13. The maximum Gasteiger partial charge on any atom is 0.227 e. The Morgan fingerprint density at radius 1 is 1.14 bits per heavy atom. The quantitative estimate of drug-likeness (QED) is 0.103. The maximum absolute atomic E-state index is 14.8. The standard InChI is InChI=1S/C30H49ClFN5O6/c31-24-14-34-28(35-15-24)36-8-5-22(6-9-36)2-1-11-43-25-4-3-23(26(32)13-25)12-27(41)37-10-7-30(42,18-37)17-33-16-29(19-38,20-39)21-40/h3-4,13,22,24,28,33-35,38-40,42H,1-2,5-12,14-21H2. The third kappa shape index (κ3) is 9.69. The average molecular weight is 630 g/mol. The molecule has 7 N–H and O–H groups in total. The monoisotopic (exact) mass is 629 g/mol. The fourth-order valence-electron chi connectivity index (χ4n) is 6.07. The van der Waals surface area contributed by atoms with Gasteiger partial charge in [-0.3, -0.25) is 20.3 Å². The Bertz CT molecular complexity index is 1010. The summed E-state index contributed by atoms with van der Waals surface area (Å²) in [5.41, 5.74) is -2.00. The summed E-state index contributed by atoms with van der Waals surface area (Å²) >= 11 is 6.15. The van der Waals surface area contributed by atoms with Crippen molar-refractivity contribution in [1.29, 1.82) is 0 Å². The van der Waals surface area contributed by atoms with Gasteiger partial charge in [0.05, 0.1) is 55.8 Å². The number of amides is 1. The lowest BCUT2D eigenvalue weighted by molar-refractivity contribution is -0.130. The lowest BCUT2D eigenvalue weighted by atomic mass is 9.91. The summed E-state index contributed by atoms with van der Waals surface area (Å²) < 4.78 is 20.7. The van der Waals surface area contributed by atoms with E-state index < -0.39 is 36.7 Å². The molecule has 3 saturated heterocycles. The van der Waals surface area contributed by atoms with Gasteiger partial charge in [-0.2, -0.15) is 0 Å². The Hall–Kier alpha value is -1.61. The summed E-state index contributed by atoms with van der Waals surface area (Å²) in [6.07, 6.45) is 4.69. The molecule has 244 valence electrons. The molecule has 0 saturated carbocycles. The van der Waals surface area contributed by atoms with Crippen LogP contribution in [0.3, 0.4) is 0 Å². The van der Waals surface area contributed by atoms with Crippen molar-refractivity contribution in [3.8, 4) is 5.75 Å². The van der Waals surface area contributed by atoms with Gasteiger partial charge in [-0.15, -0.1) is 11.6 Å². The number of aliphatic hydroxyl groups excluding tert-OH is 3. The third-order valence-electron chi connectivity index (χ3n) is 9.12. The van der Waals surface area contributed by atoms with E-state index in [1.807, 2.05) is 0 Å². The van der Waals surface area contributed by atoms with E-state index in [0.29, 0.717) is 31.2 Å². The van der Waals surface area contributed by atoms with Crippen LogP contribution in [0.15, 0.2) is 18.2 Å². The van der Waals surface area contributed by atoms with E-state index in [1.54, 1.807) is 12.1 Å². The number of halogens is 2. The van der Waals surface area contributed by atoms with Gasteiger partial charge in [0, 0.05) is 51.9 Å². The largest absolute Gasteiger partial charge is 0.493 e. The molecule has 0 bridgehead atoms. The van der Waals surface area contributed by atoms with Crippen molar-refractivity contribution in [3.63, 3.8) is 0 Å². The Kier molecular flexibility index (Phi) is 12.8. The van der Waals surface area contributed by atoms with Crippen LogP contribution in [0.1, 0.15) is 37.7 Å². The molecule has 1 unspecified atom stereocenters. The van der Waals surface area contributed by atoms with Gasteiger partial charge in [-0.25, -0.2) is 4.39 Å². The molecule has 3 aliphatic rings. The van der Waals surface area contributed by atoms with Crippen LogP contribution < -0.4 is 20.7 Å². The van der Waals surface area contributed by atoms with Crippen molar-refractivity contribution in [3.05, 3.63) is 29.6 Å². The van der Waals surface area contributed by atoms with Crippen molar-refractivity contribution < 1.29 is 34.3 Å². The van der Waals surface area contributed by atoms with E-state index >= 15 is 0 Å². The van der Waals surface area contributed by atoms with Crippen molar-refractivity contribution in [2.75, 3.05) is 78.8 Å². The molecule has 0 radical (unpaired) electrons. The molecule has 1 aromatic carbocycles. The average Bonchev–Trinajstić information content (AvgIpc) is 3.42. The van der Waals surface area contributed by atoms with E-state index in [-0.39, 0.29) is 49.2 Å². The Morgan fingerprint density at radius 2 is 1.84 bits per heavy atom. The van der Waals surface area contributed by atoms with Crippen molar-refractivity contribution in [2.45, 2.75) is 55.8 Å². The molecule has 1 aromatic rings. The number of β-amino-alcohol motifs (C(OH)–C–C–N with tert-alkyl or cyclic N) is 1. The van der Waals surface area contributed by atoms with Crippen LogP contribution in [0.25, 0.3) is 0 Å². The van der Waals surface area contributed by atoms with Gasteiger partial charge in [0.15, 0.2) is 0 Å². The lowest BCUT2D eigenvalue weighted by Gasteiger charge is -2.41. The molecule has 0 aromatic heterocycles. The van der Waals surface area contributed by atoms with Gasteiger partial charge in [0.2, 0.25) is 5.91 Å². The zero-order valence-electron chi connectivity index (χ0n) is 24.9. The summed E-state index contributed by atoms with van der Waals surface area (Å²) in [6, 6.07) is 4.61. The Labute approximate surface area is 258 Å². The van der Waals surface area contributed by atoms with E-state index in [2.05, 4.69) is 20.9 Å². The number of alkyl halides is 1. The van der Waals surface area contributed by atoms with Crippen LogP contribution in [0.5, 0.6) is 5.75 Å². The van der Waals surface area contributed by atoms with E-state index in [4.69, 9.17) is 16.3 Å². The van der Waals surface area contributed by atoms with Crippen molar-refractivity contribution >= 4 is 17.5 Å². The molecule has 0 spiro atoms. The van der Waals surface area contributed by atoms with Crippen LogP contribution in [0.4, 0.5) is 4.39 Å². The van der Waals surface area contributed by atoms with Gasteiger partial charge in [0.1, 0.15) is 17.9 Å². The number of hydrogen-bond donors (Lipinski definition) is 7. The third-order valence-corrected chi connectivity index (χ3v) is 9.43. The smallest absolute Gasteiger partial charge is 0.227 e. The summed E-state index contributed by atoms with van der Waals surface area (Å²) in [4.78, 5) is 16.8. The predicted octanol–water partition coefficient (Wildman–Crippen LogP) is -0.161.